The van der Waals surface area contributed by atoms with Crippen LogP contribution in [0.4, 0.5) is 0 Å². The van der Waals surface area contributed by atoms with Gasteiger partial charge in [0.2, 0.25) is 0 Å². The molecule has 0 heterocycles. The minimum Gasteiger partial charge on any atom is -0.468 e. The van der Waals surface area contributed by atoms with E-state index in [0.717, 1.165) is 0 Å². The molecule has 0 radical (unpaired) electrons. The quantitative estimate of drug-likeness (QED) is 0.485. The highest BCUT2D eigenvalue weighted by molar-refractivity contribution is 5.96. The summed E-state index contributed by atoms with van der Waals surface area (Å²) in [4.78, 5) is 22.5. The van der Waals surface area contributed by atoms with Crippen LogP contribution in [0.1, 0.15) is 6.42 Å². The lowest BCUT2D eigenvalue weighted by molar-refractivity contribution is -0.146. The Morgan fingerprint density at radius 1 is 1.36 bits per heavy atom. The van der Waals surface area contributed by atoms with Gasteiger partial charge in [0.05, 0.1) is 19.8 Å². The van der Waals surface area contributed by atoms with Crippen molar-refractivity contribution in [2.24, 2.45) is 5.92 Å². The molecule has 0 saturated heterocycles. The van der Waals surface area contributed by atoms with Gasteiger partial charge in [-0.3, -0.25) is 4.79 Å². The number of rotatable bonds is 2. The van der Waals surface area contributed by atoms with Gasteiger partial charge in [-0.15, -0.1) is 0 Å². The molecule has 76 valence electrons. The van der Waals surface area contributed by atoms with Crippen LogP contribution >= 0.6 is 0 Å². The van der Waals surface area contributed by atoms with Crippen molar-refractivity contribution in [3.8, 4) is 0 Å². The molecule has 0 N–H and O–H groups in total. The molecular weight excluding hydrogens is 184 g/mol. The van der Waals surface area contributed by atoms with Crippen molar-refractivity contribution in [1.29, 1.82) is 0 Å². The number of methoxy groups -OCH3 is 2. The van der Waals surface area contributed by atoms with E-state index in [4.69, 9.17) is 0 Å². The number of ether oxygens (including phenoxy) is 2. The second-order valence-corrected chi connectivity index (χ2v) is 2.82. The normalized spacial score (nSPS) is 19.9. The second-order valence-electron chi connectivity index (χ2n) is 2.82. The highest BCUT2D eigenvalue weighted by atomic mass is 16.5. The van der Waals surface area contributed by atoms with Gasteiger partial charge in [-0.1, -0.05) is 18.2 Å². The number of esters is 2. The fraction of sp³-hybridized carbons (Fsp3) is 0.400. The molecule has 1 aliphatic rings. The molecule has 1 aliphatic carbocycles. The average Bonchev–Trinajstić information content (AvgIpc) is 2.27. The van der Waals surface area contributed by atoms with Gasteiger partial charge in [-0.2, -0.15) is 0 Å². The average molecular weight is 196 g/mol. The molecule has 0 aromatic carbocycles. The molecule has 4 nitrogen and oxygen atoms in total. The lowest BCUT2D eigenvalue weighted by atomic mass is 9.93. The number of hydrogen-bond donors (Lipinski definition) is 0. The standard InChI is InChI=1S/C10H12O4/c1-13-9(11)7-5-3-4-6-8(7)10(12)14-2/h3,5-7H,4H2,1-2H3. The molecule has 0 amide bonds. The predicted octanol–water partition coefficient (Wildman–Crippen LogP) is 0.835. The van der Waals surface area contributed by atoms with E-state index in [9.17, 15) is 9.59 Å². The van der Waals surface area contributed by atoms with Crippen LogP contribution in [0.3, 0.4) is 0 Å². The van der Waals surface area contributed by atoms with Crippen molar-refractivity contribution in [1.82, 2.24) is 0 Å². The van der Waals surface area contributed by atoms with Gasteiger partial charge in [-0.05, 0) is 6.42 Å². The van der Waals surface area contributed by atoms with Gasteiger partial charge in [-0.25, -0.2) is 4.79 Å². The third-order valence-corrected chi connectivity index (χ3v) is 2.01. The van der Waals surface area contributed by atoms with E-state index in [1.807, 2.05) is 6.08 Å². The molecule has 0 bridgehead atoms. The molecule has 0 aromatic rings. The van der Waals surface area contributed by atoms with Gasteiger partial charge in [0.1, 0.15) is 5.92 Å². The van der Waals surface area contributed by atoms with Crippen LogP contribution in [-0.4, -0.2) is 26.2 Å². The van der Waals surface area contributed by atoms with E-state index in [0.29, 0.717) is 12.0 Å². The molecule has 0 spiro atoms. The maximum absolute atomic E-state index is 11.3. The Bertz CT molecular complexity index is 301. The summed E-state index contributed by atoms with van der Waals surface area (Å²) in [6, 6.07) is 0. The summed E-state index contributed by atoms with van der Waals surface area (Å²) in [6.07, 6.45) is 5.78. The molecule has 14 heavy (non-hydrogen) atoms. The first-order chi connectivity index (χ1) is 6.70. The first-order valence-corrected chi connectivity index (χ1v) is 4.23. The Morgan fingerprint density at radius 2 is 2.07 bits per heavy atom. The Hall–Kier alpha value is -1.58. The molecule has 0 aromatic heterocycles. The molecule has 0 fully saturated rings. The zero-order valence-electron chi connectivity index (χ0n) is 8.15. The number of carbonyl (C=O) groups is 2. The van der Waals surface area contributed by atoms with E-state index < -0.39 is 17.9 Å². The Labute approximate surface area is 82.2 Å². The van der Waals surface area contributed by atoms with Crippen LogP contribution < -0.4 is 0 Å². The monoisotopic (exact) mass is 196 g/mol. The number of allylic oxidation sites excluding steroid dienone is 2. The van der Waals surface area contributed by atoms with Gasteiger partial charge in [0.25, 0.3) is 0 Å². The van der Waals surface area contributed by atoms with E-state index >= 15 is 0 Å². The van der Waals surface area contributed by atoms with Crippen molar-refractivity contribution in [3.63, 3.8) is 0 Å². The molecular formula is C10H12O4. The van der Waals surface area contributed by atoms with Crippen LogP contribution in [-0.2, 0) is 19.1 Å². The smallest absolute Gasteiger partial charge is 0.334 e. The summed E-state index contributed by atoms with van der Waals surface area (Å²) in [5.74, 6) is -1.55. The number of hydrogen-bond acceptors (Lipinski definition) is 4. The zero-order valence-corrected chi connectivity index (χ0v) is 8.15. The SMILES string of the molecule is COC(=O)C1=CCC=CC1C(=O)OC. The van der Waals surface area contributed by atoms with E-state index in [2.05, 4.69) is 9.47 Å². The first kappa shape index (κ1) is 10.5. The maximum Gasteiger partial charge on any atom is 0.334 e. The highest BCUT2D eigenvalue weighted by Crippen LogP contribution is 2.21. The first-order valence-electron chi connectivity index (χ1n) is 4.23. The third kappa shape index (κ3) is 2.02. The maximum atomic E-state index is 11.3. The second kappa shape index (κ2) is 4.60. The summed E-state index contributed by atoms with van der Waals surface area (Å²) >= 11 is 0. The van der Waals surface area contributed by atoms with Crippen molar-refractivity contribution >= 4 is 11.9 Å². The Kier molecular flexibility index (Phi) is 3.45. The highest BCUT2D eigenvalue weighted by Gasteiger charge is 2.27. The van der Waals surface area contributed by atoms with Crippen LogP contribution in [0.2, 0.25) is 0 Å². The lowest BCUT2D eigenvalue weighted by Crippen LogP contribution is -2.23. The van der Waals surface area contributed by atoms with Crippen molar-refractivity contribution in [3.05, 3.63) is 23.8 Å². The van der Waals surface area contributed by atoms with Crippen molar-refractivity contribution in [2.45, 2.75) is 6.42 Å². The molecule has 1 rings (SSSR count). The van der Waals surface area contributed by atoms with Crippen LogP contribution in [0.5, 0.6) is 0 Å². The topological polar surface area (TPSA) is 52.6 Å². The van der Waals surface area contributed by atoms with Gasteiger partial charge in [0.15, 0.2) is 0 Å². The number of carbonyl (C=O) groups excluding carboxylic acids is 2. The summed E-state index contributed by atoms with van der Waals surface area (Å²) in [5.41, 5.74) is 0.349. The Morgan fingerprint density at radius 3 is 2.64 bits per heavy atom. The predicted molar refractivity (Wildman–Crippen MR) is 49.4 cm³/mol. The fourth-order valence-corrected chi connectivity index (χ4v) is 1.30. The van der Waals surface area contributed by atoms with E-state index in [1.165, 1.54) is 14.2 Å². The van der Waals surface area contributed by atoms with Gasteiger partial charge >= 0.3 is 11.9 Å². The van der Waals surface area contributed by atoms with Gasteiger partial charge in [0, 0.05) is 0 Å². The summed E-state index contributed by atoms with van der Waals surface area (Å²) in [6.45, 7) is 0. The van der Waals surface area contributed by atoms with Crippen molar-refractivity contribution < 1.29 is 19.1 Å². The van der Waals surface area contributed by atoms with Crippen molar-refractivity contribution in [2.75, 3.05) is 14.2 Å². The van der Waals surface area contributed by atoms with E-state index in [-0.39, 0.29) is 0 Å². The summed E-state index contributed by atoms with van der Waals surface area (Å²) in [5, 5.41) is 0. The van der Waals surface area contributed by atoms with Crippen LogP contribution in [0.15, 0.2) is 23.8 Å². The summed E-state index contributed by atoms with van der Waals surface area (Å²) in [7, 11) is 2.58. The fourth-order valence-electron chi connectivity index (χ4n) is 1.30. The van der Waals surface area contributed by atoms with Crippen LogP contribution in [0, 0.1) is 5.92 Å². The molecule has 1 atom stereocenters. The third-order valence-electron chi connectivity index (χ3n) is 2.01. The Balaban J connectivity index is 2.86. The minimum atomic E-state index is -0.624. The molecule has 1 unspecified atom stereocenters. The van der Waals surface area contributed by atoms with Gasteiger partial charge < -0.3 is 9.47 Å². The van der Waals surface area contributed by atoms with E-state index in [1.54, 1.807) is 12.2 Å². The largest absolute Gasteiger partial charge is 0.468 e. The zero-order chi connectivity index (χ0) is 10.6. The lowest BCUT2D eigenvalue weighted by Gasteiger charge is -2.15. The molecule has 4 heteroatoms. The molecule has 0 saturated carbocycles. The molecule has 0 aliphatic heterocycles. The summed E-state index contributed by atoms with van der Waals surface area (Å²) < 4.78 is 9.14. The van der Waals surface area contributed by atoms with Crippen LogP contribution in [0.25, 0.3) is 0 Å². The minimum absolute atomic E-state index is 0.349.